The smallest absolute Gasteiger partial charge is 0.183 e. The molecule has 0 aliphatic carbocycles. The van der Waals surface area contributed by atoms with Crippen LogP contribution in [0.25, 0.3) is 11.1 Å². The first-order chi connectivity index (χ1) is 18.2. The van der Waals surface area contributed by atoms with Crippen LogP contribution in [0.5, 0.6) is 5.75 Å². The summed E-state index contributed by atoms with van der Waals surface area (Å²) in [6.07, 6.45) is 16.9. The Labute approximate surface area is 226 Å². The van der Waals surface area contributed by atoms with Crippen molar-refractivity contribution >= 4 is 0 Å². The lowest BCUT2D eigenvalue weighted by atomic mass is 10.0. The van der Waals surface area contributed by atoms with Crippen LogP contribution in [0.1, 0.15) is 103 Å². The van der Waals surface area contributed by atoms with E-state index in [1.165, 1.54) is 75.3 Å². The second-order valence-corrected chi connectivity index (χ2v) is 10.9. The van der Waals surface area contributed by atoms with E-state index in [9.17, 15) is 0 Å². The standard InChI is InChI=1S/C34H50O3/c1-4-6-7-8-9-10-13-16-29-26-36-34(37-27-29)32-19-17-30(18-20-32)31-21-23-33(24-22-31)35-25-14-11-12-15-28(3)5-2/h4,17-24,28-29,34H,1,5-16,25-27H2,2-3H3/t28-,29-,34-/m0/s1. The lowest BCUT2D eigenvalue weighted by Gasteiger charge is -2.29. The van der Waals surface area contributed by atoms with Crippen molar-refractivity contribution in [2.24, 2.45) is 11.8 Å². The summed E-state index contributed by atoms with van der Waals surface area (Å²) in [6.45, 7) is 10.8. The molecule has 1 saturated heterocycles. The van der Waals surface area contributed by atoms with Gasteiger partial charge in [-0.2, -0.15) is 0 Å². The first-order valence-electron chi connectivity index (χ1n) is 14.9. The van der Waals surface area contributed by atoms with Crippen molar-refractivity contribution in [1.82, 2.24) is 0 Å². The van der Waals surface area contributed by atoms with Gasteiger partial charge in [0.05, 0.1) is 19.8 Å². The molecule has 0 unspecified atom stereocenters. The highest BCUT2D eigenvalue weighted by Gasteiger charge is 2.23. The Hall–Kier alpha value is -2.10. The summed E-state index contributed by atoms with van der Waals surface area (Å²) in [5.41, 5.74) is 3.49. The second kappa shape index (κ2) is 17.4. The molecule has 0 aromatic heterocycles. The third-order valence-electron chi connectivity index (χ3n) is 7.66. The molecule has 2 aromatic carbocycles. The maximum atomic E-state index is 6.08. The van der Waals surface area contributed by atoms with Crippen LogP contribution < -0.4 is 4.74 Å². The van der Waals surface area contributed by atoms with Gasteiger partial charge in [-0.15, -0.1) is 6.58 Å². The minimum Gasteiger partial charge on any atom is -0.494 e. The zero-order chi connectivity index (χ0) is 26.1. The molecule has 0 spiro atoms. The Morgan fingerprint density at radius 2 is 1.46 bits per heavy atom. The SMILES string of the molecule is C=CCCCCCCC[C@H]1CO[C@H](c2ccc(-c3ccc(OCCCCC[C@@H](C)CC)cc3)cc2)OC1. The number of hydrogen-bond donors (Lipinski definition) is 0. The fourth-order valence-corrected chi connectivity index (χ4v) is 4.90. The van der Waals surface area contributed by atoms with Crippen LogP contribution in [0.15, 0.2) is 61.2 Å². The quantitative estimate of drug-likeness (QED) is 0.149. The van der Waals surface area contributed by atoms with Gasteiger partial charge in [-0.25, -0.2) is 0 Å². The molecule has 0 N–H and O–H groups in total. The summed E-state index contributed by atoms with van der Waals surface area (Å²) in [5, 5.41) is 0. The van der Waals surface area contributed by atoms with E-state index >= 15 is 0 Å². The average Bonchev–Trinajstić information content (AvgIpc) is 2.95. The van der Waals surface area contributed by atoms with Crippen molar-refractivity contribution in [2.75, 3.05) is 19.8 Å². The van der Waals surface area contributed by atoms with Crippen LogP contribution in [0.4, 0.5) is 0 Å². The van der Waals surface area contributed by atoms with Crippen LogP contribution in [0, 0.1) is 11.8 Å². The summed E-state index contributed by atoms with van der Waals surface area (Å²) in [7, 11) is 0. The van der Waals surface area contributed by atoms with Gasteiger partial charge in [-0.05, 0) is 54.9 Å². The zero-order valence-corrected chi connectivity index (χ0v) is 23.5. The molecule has 3 rings (SSSR count). The van der Waals surface area contributed by atoms with Gasteiger partial charge in [0, 0.05) is 11.5 Å². The van der Waals surface area contributed by atoms with E-state index in [0.29, 0.717) is 5.92 Å². The van der Waals surface area contributed by atoms with Crippen molar-refractivity contribution in [3.05, 3.63) is 66.7 Å². The predicted molar refractivity (Wildman–Crippen MR) is 156 cm³/mol. The van der Waals surface area contributed by atoms with E-state index in [1.807, 2.05) is 6.08 Å². The van der Waals surface area contributed by atoms with E-state index in [-0.39, 0.29) is 6.29 Å². The fraction of sp³-hybridized carbons (Fsp3) is 0.588. The molecule has 37 heavy (non-hydrogen) atoms. The maximum Gasteiger partial charge on any atom is 0.183 e. The molecule has 2 aromatic rings. The topological polar surface area (TPSA) is 27.7 Å². The van der Waals surface area contributed by atoms with Gasteiger partial charge in [0.15, 0.2) is 6.29 Å². The highest BCUT2D eigenvalue weighted by molar-refractivity contribution is 5.64. The van der Waals surface area contributed by atoms with Crippen LogP contribution >= 0.6 is 0 Å². The van der Waals surface area contributed by atoms with Crippen molar-refractivity contribution in [3.8, 4) is 16.9 Å². The van der Waals surface area contributed by atoms with Gasteiger partial charge in [-0.1, -0.05) is 108 Å². The van der Waals surface area contributed by atoms with Crippen LogP contribution in [-0.2, 0) is 9.47 Å². The predicted octanol–water partition coefficient (Wildman–Crippen LogP) is 9.92. The van der Waals surface area contributed by atoms with Gasteiger partial charge in [0.25, 0.3) is 0 Å². The summed E-state index contributed by atoms with van der Waals surface area (Å²) < 4.78 is 18.1. The molecule has 0 radical (unpaired) electrons. The summed E-state index contributed by atoms with van der Waals surface area (Å²) in [6, 6.07) is 17.0. The second-order valence-electron chi connectivity index (χ2n) is 10.9. The minimum atomic E-state index is -0.245. The Bertz CT molecular complexity index is 850. The molecule has 1 aliphatic rings. The average molecular weight is 507 g/mol. The molecule has 3 heteroatoms. The molecule has 0 bridgehead atoms. The van der Waals surface area contributed by atoms with Crippen molar-refractivity contribution in [2.45, 2.75) is 97.2 Å². The van der Waals surface area contributed by atoms with Gasteiger partial charge < -0.3 is 14.2 Å². The largest absolute Gasteiger partial charge is 0.494 e. The van der Waals surface area contributed by atoms with Crippen molar-refractivity contribution in [3.63, 3.8) is 0 Å². The highest BCUT2D eigenvalue weighted by atomic mass is 16.7. The minimum absolute atomic E-state index is 0.245. The molecule has 0 saturated carbocycles. The normalized spacial score (nSPS) is 18.4. The molecular weight excluding hydrogens is 456 g/mol. The zero-order valence-electron chi connectivity index (χ0n) is 23.5. The maximum absolute atomic E-state index is 6.08. The molecular formula is C34H50O3. The number of rotatable bonds is 18. The van der Waals surface area contributed by atoms with E-state index in [4.69, 9.17) is 14.2 Å². The van der Waals surface area contributed by atoms with E-state index in [0.717, 1.165) is 49.9 Å². The Kier molecular flexibility index (Phi) is 13.9. The first kappa shape index (κ1) is 29.5. The van der Waals surface area contributed by atoms with E-state index in [2.05, 4.69) is 69.0 Å². The van der Waals surface area contributed by atoms with Crippen molar-refractivity contribution < 1.29 is 14.2 Å². The van der Waals surface area contributed by atoms with Crippen molar-refractivity contribution in [1.29, 1.82) is 0 Å². The van der Waals surface area contributed by atoms with Crippen LogP contribution in [0.2, 0.25) is 0 Å². The number of unbranched alkanes of at least 4 members (excludes halogenated alkanes) is 7. The van der Waals surface area contributed by atoms with Crippen LogP contribution in [-0.4, -0.2) is 19.8 Å². The third-order valence-corrected chi connectivity index (χ3v) is 7.66. The monoisotopic (exact) mass is 506 g/mol. The first-order valence-corrected chi connectivity index (χ1v) is 14.9. The number of hydrogen-bond acceptors (Lipinski definition) is 3. The van der Waals surface area contributed by atoms with Crippen LogP contribution in [0.3, 0.4) is 0 Å². The van der Waals surface area contributed by atoms with Gasteiger partial charge in [-0.3, -0.25) is 0 Å². The number of allylic oxidation sites excluding steroid dienone is 1. The van der Waals surface area contributed by atoms with E-state index < -0.39 is 0 Å². The highest BCUT2D eigenvalue weighted by Crippen LogP contribution is 2.30. The van der Waals surface area contributed by atoms with E-state index in [1.54, 1.807) is 0 Å². The summed E-state index contributed by atoms with van der Waals surface area (Å²) >= 11 is 0. The molecule has 3 nitrogen and oxygen atoms in total. The van der Waals surface area contributed by atoms with Gasteiger partial charge in [0.2, 0.25) is 0 Å². The molecule has 204 valence electrons. The Morgan fingerprint density at radius 3 is 2.14 bits per heavy atom. The number of benzene rings is 2. The van der Waals surface area contributed by atoms with Gasteiger partial charge >= 0.3 is 0 Å². The summed E-state index contributed by atoms with van der Waals surface area (Å²) in [5.74, 6) is 2.32. The lowest BCUT2D eigenvalue weighted by molar-refractivity contribution is -0.206. The fourth-order valence-electron chi connectivity index (χ4n) is 4.90. The molecule has 1 aliphatic heterocycles. The third kappa shape index (κ3) is 11.0. The molecule has 1 fully saturated rings. The summed E-state index contributed by atoms with van der Waals surface area (Å²) in [4.78, 5) is 0. The lowest BCUT2D eigenvalue weighted by Crippen LogP contribution is -2.27. The molecule has 1 heterocycles. The van der Waals surface area contributed by atoms with Gasteiger partial charge in [0.1, 0.15) is 5.75 Å². The molecule has 1 atom stereocenters. The Balaban J connectivity index is 1.33. The Morgan fingerprint density at radius 1 is 0.838 bits per heavy atom. The number of ether oxygens (including phenoxy) is 3. The molecule has 0 amide bonds.